The maximum Gasteiger partial charge on any atom is 0.162 e. The summed E-state index contributed by atoms with van der Waals surface area (Å²) in [6.07, 6.45) is 0. The molecule has 10 rings (SSSR count). The van der Waals surface area contributed by atoms with E-state index < -0.39 is 0 Å². The lowest BCUT2D eigenvalue weighted by atomic mass is 10.2. The average Bonchev–Trinajstić information content (AvgIpc) is 3.77. The summed E-state index contributed by atoms with van der Waals surface area (Å²) in [7, 11) is 0. The molecular weight excluding hydrogens is 563 g/mol. The standard InChI is InChI=1S/C35H21NO2S3/c1-16-4-8-19(9-5-16)36-24-12-17(2)6-10-20(24)29-28(36)33-31(37-29)22-14-27-23(15-26(22)39-33)32-35(41-27)34-30(38-32)21-11-7-18(3)13-25(21)40-34/h4-15H,1-3H3. The normalized spacial score (nSPS) is 12.8. The fraction of sp³-hybridized carbons (Fsp3) is 0.0857. The predicted molar refractivity (Wildman–Crippen MR) is 178 cm³/mol. The van der Waals surface area contributed by atoms with Crippen molar-refractivity contribution in [2.75, 3.05) is 0 Å². The first kappa shape index (κ1) is 22.6. The van der Waals surface area contributed by atoms with Gasteiger partial charge in [-0.2, -0.15) is 0 Å². The zero-order valence-electron chi connectivity index (χ0n) is 22.4. The highest BCUT2D eigenvalue weighted by molar-refractivity contribution is 7.33. The summed E-state index contributed by atoms with van der Waals surface area (Å²) in [4.78, 5) is 0. The predicted octanol–water partition coefficient (Wildman–Crippen LogP) is 12.0. The van der Waals surface area contributed by atoms with Crippen LogP contribution in [0.25, 0.3) is 88.8 Å². The van der Waals surface area contributed by atoms with Crippen molar-refractivity contribution < 1.29 is 8.83 Å². The quantitative estimate of drug-likeness (QED) is 0.192. The third-order valence-electron chi connectivity index (χ3n) is 8.41. The molecule has 0 bridgehead atoms. The molecule has 196 valence electrons. The number of fused-ring (bicyclic) bond motifs is 14. The Morgan fingerprint density at radius 3 is 1.76 bits per heavy atom. The molecule has 0 saturated heterocycles. The summed E-state index contributed by atoms with van der Waals surface area (Å²) >= 11 is 5.49. The van der Waals surface area contributed by atoms with Gasteiger partial charge in [0.05, 0.1) is 19.6 Å². The second-order valence-electron chi connectivity index (χ2n) is 11.2. The molecule has 0 aliphatic heterocycles. The van der Waals surface area contributed by atoms with Crippen LogP contribution in [0.5, 0.6) is 0 Å². The third-order valence-corrected chi connectivity index (χ3v) is 12.0. The molecule has 0 saturated carbocycles. The third kappa shape index (κ3) is 2.87. The van der Waals surface area contributed by atoms with Crippen LogP contribution in [0.2, 0.25) is 0 Å². The van der Waals surface area contributed by atoms with E-state index in [1.165, 1.54) is 66.6 Å². The van der Waals surface area contributed by atoms with Gasteiger partial charge in [-0.1, -0.05) is 29.8 Å². The molecule has 6 heteroatoms. The Balaban J connectivity index is 1.29. The number of hydrogen-bond donors (Lipinski definition) is 0. The molecule has 0 amide bonds. The van der Waals surface area contributed by atoms with E-state index in [0.717, 1.165) is 38.9 Å². The van der Waals surface area contributed by atoms with Crippen molar-refractivity contribution in [1.82, 2.24) is 4.57 Å². The molecule has 3 nitrogen and oxygen atoms in total. The first-order valence-electron chi connectivity index (χ1n) is 13.7. The molecule has 41 heavy (non-hydrogen) atoms. The number of rotatable bonds is 1. The summed E-state index contributed by atoms with van der Waals surface area (Å²) in [5.74, 6) is 0. The number of hydrogen-bond acceptors (Lipinski definition) is 5. The van der Waals surface area contributed by atoms with E-state index in [-0.39, 0.29) is 0 Å². The second-order valence-corrected chi connectivity index (χ2v) is 14.4. The molecule has 0 spiro atoms. The van der Waals surface area contributed by atoms with Crippen LogP contribution >= 0.6 is 34.0 Å². The van der Waals surface area contributed by atoms with Gasteiger partial charge in [-0.15, -0.1) is 34.0 Å². The van der Waals surface area contributed by atoms with Crippen molar-refractivity contribution in [2.45, 2.75) is 20.8 Å². The van der Waals surface area contributed by atoms with Crippen LogP contribution in [-0.4, -0.2) is 4.57 Å². The van der Waals surface area contributed by atoms with Crippen LogP contribution in [0.1, 0.15) is 16.7 Å². The number of nitrogens with zero attached hydrogens (tertiary/aromatic N) is 1. The van der Waals surface area contributed by atoms with E-state index in [2.05, 4.69) is 98.1 Å². The molecule has 0 fully saturated rings. The molecule has 6 heterocycles. The van der Waals surface area contributed by atoms with E-state index in [1.54, 1.807) is 0 Å². The van der Waals surface area contributed by atoms with Gasteiger partial charge in [-0.05, 0) is 80.4 Å². The van der Waals surface area contributed by atoms with Crippen molar-refractivity contribution in [3.8, 4) is 5.69 Å². The lowest BCUT2D eigenvalue weighted by molar-refractivity contribution is 0.676. The molecule has 0 atom stereocenters. The van der Waals surface area contributed by atoms with Gasteiger partial charge >= 0.3 is 0 Å². The van der Waals surface area contributed by atoms with Crippen molar-refractivity contribution in [2.24, 2.45) is 0 Å². The summed E-state index contributed by atoms with van der Waals surface area (Å²) in [5.41, 5.74) is 11.2. The lowest BCUT2D eigenvalue weighted by Gasteiger charge is -2.07. The topological polar surface area (TPSA) is 31.2 Å². The zero-order chi connectivity index (χ0) is 27.1. The highest BCUT2D eigenvalue weighted by Crippen LogP contribution is 2.50. The maximum absolute atomic E-state index is 6.78. The Morgan fingerprint density at radius 1 is 0.488 bits per heavy atom. The highest BCUT2D eigenvalue weighted by Gasteiger charge is 2.25. The van der Waals surface area contributed by atoms with Crippen molar-refractivity contribution in [1.29, 1.82) is 0 Å². The van der Waals surface area contributed by atoms with Crippen LogP contribution in [0, 0.1) is 20.8 Å². The summed E-state index contributed by atoms with van der Waals surface area (Å²) in [6.45, 7) is 6.43. The Hall–Kier alpha value is -4.10. The summed E-state index contributed by atoms with van der Waals surface area (Å²) in [5, 5.41) is 4.73. The fourth-order valence-corrected chi connectivity index (χ4v) is 10.1. The largest absolute Gasteiger partial charge is 0.453 e. The van der Waals surface area contributed by atoms with E-state index in [1.807, 2.05) is 34.0 Å². The maximum atomic E-state index is 6.78. The summed E-state index contributed by atoms with van der Waals surface area (Å²) < 4.78 is 23.2. The van der Waals surface area contributed by atoms with Crippen molar-refractivity contribution >= 4 is 117 Å². The number of aryl methyl sites for hydroxylation is 3. The van der Waals surface area contributed by atoms with Gasteiger partial charge < -0.3 is 13.4 Å². The first-order valence-corrected chi connectivity index (χ1v) is 16.1. The molecule has 10 aromatic rings. The Labute approximate surface area is 245 Å². The second kappa shape index (κ2) is 7.59. The Morgan fingerprint density at radius 2 is 1.02 bits per heavy atom. The van der Waals surface area contributed by atoms with Gasteiger partial charge in [0.15, 0.2) is 22.3 Å². The SMILES string of the molecule is Cc1ccc(-n2c3cc(C)ccc3c3oc4c5cc6sc7c(oc8c9ccc(C)cc9sc87)c6cc5sc4c32)cc1. The fourth-order valence-electron chi connectivity index (χ4n) is 6.42. The number of benzene rings is 4. The number of thiophene rings is 3. The van der Waals surface area contributed by atoms with Crippen LogP contribution in [0.4, 0.5) is 0 Å². The van der Waals surface area contributed by atoms with Gasteiger partial charge in [0, 0.05) is 41.3 Å². The van der Waals surface area contributed by atoms with E-state index in [4.69, 9.17) is 8.83 Å². The lowest BCUT2D eigenvalue weighted by Crippen LogP contribution is -1.93. The molecule has 0 radical (unpaired) electrons. The van der Waals surface area contributed by atoms with Crippen molar-refractivity contribution in [3.63, 3.8) is 0 Å². The minimum absolute atomic E-state index is 0.964. The molecule has 0 N–H and O–H groups in total. The Kier molecular flexibility index (Phi) is 4.18. The summed E-state index contributed by atoms with van der Waals surface area (Å²) in [6, 6.07) is 26.7. The van der Waals surface area contributed by atoms with Crippen molar-refractivity contribution in [3.05, 3.63) is 89.5 Å². The minimum Gasteiger partial charge on any atom is -0.453 e. The molecule has 6 aromatic heterocycles. The van der Waals surface area contributed by atoms with Gasteiger partial charge in [-0.3, -0.25) is 0 Å². The van der Waals surface area contributed by atoms with Gasteiger partial charge in [0.25, 0.3) is 0 Å². The Bertz CT molecular complexity index is 2720. The van der Waals surface area contributed by atoms with Gasteiger partial charge in [0.1, 0.15) is 5.52 Å². The van der Waals surface area contributed by atoms with Crippen LogP contribution in [0.3, 0.4) is 0 Å². The van der Waals surface area contributed by atoms with E-state index in [9.17, 15) is 0 Å². The van der Waals surface area contributed by atoms with Gasteiger partial charge in [0.2, 0.25) is 0 Å². The van der Waals surface area contributed by atoms with E-state index in [0.29, 0.717) is 0 Å². The van der Waals surface area contributed by atoms with Crippen LogP contribution in [-0.2, 0) is 0 Å². The number of furan rings is 2. The average molecular weight is 584 g/mol. The monoisotopic (exact) mass is 583 g/mol. The van der Waals surface area contributed by atoms with Crippen LogP contribution < -0.4 is 0 Å². The number of aromatic nitrogens is 1. The van der Waals surface area contributed by atoms with Crippen LogP contribution in [0.15, 0.2) is 81.6 Å². The highest BCUT2D eigenvalue weighted by atomic mass is 32.1. The van der Waals surface area contributed by atoms with E-state index >= 15 is 0 Å². The molecular formula is C35H21NO2S3. The first-order chi connectivity index (χ1) is 20.0. The molecule has 4 aromatic carbocycles. The zero-order valence-corrected chi connectivity index (χ0v) is 24.9. The molecule has 0 unspecified atom stereocenters. The van der Waals surface area contributed by atoms with Gasteiger partial charge in [-0.25, -0.2) is 0 Å². The smallest absolute Gasteiger partial charge is 0.162 e. The minimum atomic E-state index is 0.964. The molecule has 0 aliphatic rings. The molecule has 0 aliphatic carbocycles.